The minimum Gasteiger partial charge on any atom is -0.445 e. The molecule has 8 heteroatoms. The lowest BCUT2D eigenvalue weighted by atomic mass is 10.2. The number of hydrogen-bond acceptors (Lipinski definition) is 7. The third-order valence-electron chi connectivity index (χ3n) is 3.24. The largest absolute Gasteiger partial charge is 0.445 e. The van der Waals surface area contributed by atoms with Gasteiger partial charge in [-0.25, -0.2) is 9.98 Å². The molecule has 0 saturated heterocycles. The quantitative estimate of drug-likeness (QED) is 0.201. The van der Waals surface area contributed by atoms with E-state index in [0.29, 0.717) is 10.4 Å². The molecule has 0 spiro atoms. The van der Waals surface area contributed by atoms with E-state index in [4.69, 9.17) is 9.47 Å². The predicted octanol–water partition coefficient (Wildman–Crippen LogP) is 5.76. The van der Waals surface area contributed by atoms with E-state index in [1.165, 1.54) is 18.3 Å². The molecule has 3 aromatic rings. The summed E-state index contributed by atoms with van der Waals surface area (Å²) < 4.78 is 15.8. The molecular formula is C19H15BrN4O2S. The van der Waals surface area contributed by atoms with Crippen molar-refractivity contribution in [2.75, 3.05) is 0 Å². The van der Waals surface area contributed by atoms with Crippen molar-refractivity contribution in [2.24, 2.45) is 9.39 Å². The summed E-state index contributed by atoms with van der Waals surface area (Å²) in [5.74, 6) is 1.41. The van der Waals surface area contributed by atoms with Crippen molar-refractivity contribution in [1.29, 1.82) is 0 Å². The average Bonchev–Trinajstić information content (AvgIpc) is 2.67. The van der Waals surface area contributed by atoms with Crippen LogP contribution in [-0.2, 0) is 0 Å². The SMILES string of the molecule is Cc1cc(N=CS/N=C/Oc2ccccc2)ccc1Oc1nccc(Br)n1. The van der Waals surface area contributed by atoms with Crippen molar-refractivity contribution in [1.82, 2.24) is 9.97 Å². The highest BCUT2D eigenvalue weighted by Crippen LogP contribution is 2.27. The van der Waals surface area contributed by atoms with Gasteiger partial charge in [-0.1, -0.05) is 18.2 Å². The second-order valence-electron chi connectivity index (χ2n) is 5.20. The number of aryl methyl sites for hydroxylation is 1. The number of para-hydroxylation sites is 1. The van der Waals surface area contributed by atoms with E-state index in [1.54, 1.807) is 17.8 Å². The Kier molecular flexibility index (Phi) is 6.95. The molecule has 0 bridgehead atoms. The van der Waals surface area contributed by atoms with Gasteiger partial charge in [-0.2, -0.15) is 9.38 Å². The molecule has 0 fully saturated rings. The number of nitrogens with zero attached hydrogens (tertiary/aromatic N) is 4. The third-order valence-corrected chi connectivity index (χ3v) is 4.09. The molecule has 1 aromatic heterocycles. The van der Waals surface area contributed by atoms with Gasteiger partial charge in [-0.3, -0.25) is 0 Å². The van der Waals surface area contributed by atoms with Crippen LogP contribution in [0.4, 0.5) is 5.69 Å². The minimum atomic E-state index is 0.284. The average molecular weight is 443 g/mol. The van der Waals surface area contributed by atoms with Gasteiger partial charge < -0.3 is 9.47 Å². The standard InChI is InChI=1S/C19H15BrN4O2S/c1-14-11-15(7-8-17(14)26-19-21-10-9-18(20)24-19)22-13-27-23-12-25-16-5-3-2-4-6-16/h2-13H,1H3/b22-13?,23-12+. The first kappa shape index (κ1) is 19.1. The van der Waals surface area contributed by atoms with E-state index in [0.717, 1.165) is 17.0 Å². The van der Waals surface area contributed by atoms with Crippen LogP contribution in [-0.4, -0.2) is 21.9 Å². The summed E-state index contributed by atoms with van der Waals surface area (Å²) in [6.07, 6.45) is 3.01. The van der Waals surface area contributed by atoms with Crippen molar-refractivity contribution in [3.63, 3.8) is 0 Å². The second kappa shape index (κ2) is 9.84. The van der Waals surface area contributed by atoms with E-state index >= 15 is 0 Å². The fraction of sp³-hybridized carbons (Fsp3) is 0.0526. The smallest absolute Gasteiger partial charge is 0.322 e. The number of hydrogen-bond donors (Lipinski definition) is 0. The van der Waals surface area contributed by atoms with E-state index in [1.807, 2.05) is 55.5 Å². The van der Waals surface area contributed by atoms with Gasteiger partial charge in [0.15, 0.2) is 6.40 Å². The van der Waals surface area contributed by atoms with Crippen LogP contribution in [0.3, 0.4) is 0 Å². The molecule has 0 saturated carbocycles. The first-order valence-electron chi connectivity index (χ1n) is 7.90. The summed E-state index contributed by atoms with van der Waals surface area (Å²) in [4.78, 5) is 12.6. The first-order valence-corrected chi connectivity index (χ1v) is 9.52. The molecule has 3 rings (SSSR count). The molecule has 0 aliphatic carbocycles. The molecular weight excluding hydrogens is 428 g/mol. The van der Waals surface area contributed by atoms with Gasteiger partial charge in [0.1, 0.15) is 16.1 Å². The molecule has 136 valence electrons. The van der Waals surface area contributed by atoms with E-state index in [9.17, 15) is 0 Å². The maximum Gasteiger partial charge on any atom is 0.322 e. The summed E-state index contributed by atoms with van der Waals surface area (Å²) >= 11 is 4.47. The zero-order valence-electron chi connectivity index (χ0n) is 14.3. The first-order chi connectivity index (χ1) is 13.2. The van der Waals surface area contributed by atoms with Gasteiger partial charge in [0.25, 0.3) is 0 Å². The topological polar surface area (TPSA) is 69.0 Å². The second-order valence-corrected chi connectivity index (χ2v) is 6.64. The van der Waals surface area contributed by atoms with E-state index < -0.39 is 0 Å². The van der Waals surface area contributed by atoms with Crippen LogP contribution >= 0.6 is 27.9 Å². The number of ether oxygens (including phenoxy) is 2. The number of aliphatic imine (C=N–C) groups is 1. The van der Waals surface area contributed by atoms with E-state index in [2.05, 4.69) is 35.3 Å². The Hall–Kier alpha value is -2.71. The third kappa shape index (κ3) is 6.19. The zero-order valence-corrected chi connectivity index (χ0v) is 16.7. The Balaban J connectivity index is 1.53. The van der Waals surface area contributed by atoms with Crippen molar-refractivity contribution in [2.45, 2.75) is 6.92 Å². The van der Waals surface area contributed by atoms with Crippen molar-refractivity contribution in [3.8, 4) is 17.5 Å². The van der Waals surface area contributed by atoms with Gasteiger partial charge >= 0.3 is 6.01 Å². The van der Waals surface area contributed by atoms with Gasteiger partial charge in [0.2, 0.25) is 0 Å². The van der Waals surface area contributed by atoms with Crippen LogP contribution < -0.4 is 9.47 Å². The van der Waals surface area contributed by atoms with Crippen LogP contribution in [0.25, 0.3) is 0 Å². The lowest BCUT2D eigenvalue weighted by molar-refractivity contribution is 0.437. The number of rotatable bonds is 7. The highest BCUT2D eigenvalue weighted by molar-refractivity contribution is 9.10. The van der Waals surface area contributed by atoms with Crippen LogP contribution in [0.5, 0.6) is 17.5 Å². The van der Waals surface area contributed by atoms with Crippen LogP contribution in [0.15, 0.2) is 74.8 Å². The number of aromatic nitrogens is 2. The molecule has 0 radical (unpaired) electrons. The van der Waals surface area contributed by atoms with Gasteiger partial charge in [-0.15, -0.1) is 0 Å². The molecule has 0 amide bonds. The van der Waals surface area contributed by atoms with Crippen molar-refractivity contribution >= 4 is 45.5 Å². The summed E-state index contributed by atoms with van der Waals surface area (Å²) in [6.45, 7) is 1.94. The van der Waals surface area contributed by atoms with E-state index in [-0.39, 0.29) is 6.01 Å². The lowest BCUT2D eigenvalue weighted by Crippen LogP contribution is -1.93. The maximum absolute atomic E-state index is 5.70. The molecule has 0 aliphatic rings. The number of halogens is 1. The monoisotopic (exact) mass is 442 g/mol. The van der Waals surface area contributed by atoms with Gasteiger partial charge in [0, 0.05) is 18.1 Å². The highest BCUT2D eigenvalue weighted by atomic mass is 79.9. The fourth-order valence-electron chi connectivity index (χ4n) is 2.01. The molecule has 1 heterocycles. The van der Waals surface area contributed by atoms with Crippen molar-refractivity contribution < 1.29 is 9.47 Å². The lowest BCUT2D eigenvalue weighted by Gasteiger charge is -2.07. The summed E-state index contributed by atoms with van der Waals surface area (Å²) in [6, 6.07) is 17.1. The molecule has 0 N–H and O–H groups in total. The van der Waals surface area contributed by atoms with Crippen LogP contribution in [0.1, 0.15) is 5.56 Å². The zero-order chi connectivity index (χ0) is 18.9. The molecule has 0 unspecified atom stereocenters. The summed E-state index contributed by atoms with van der Waals surface area (Å²) in [5.41, 5.74) is 3.35. The fourth-order valence-corrected chi connectivity index (χ4v) is 2.60. The van der Waals surface area contributed by atoms with Gasteiger partial charge in [0.05, 0.1) is 11.2 Å². The number of benzene rings is 2. The Morgan fingerprint density at radius 3 is 2.74 bits per heavy atom. The Morgan fingerprint density at radius 2 is 1.96 bits per heavy atom. The predicted molar refractivity (Wildman–Crippen MR) is 112 cm³/mol. The Morgan fingerprint density at radius 1 is 1.11 bits per heavy atom. The molecule has 6 nitrogen and oxygen atoms in total. The summed E-state index contributed by atoms with van der Waals surface area (Å²) in [5, 5.41) is 0. The van der Waals surface area contributed by atoms with Crippen molar-refractivity contribution in [3.05, 3.63) is 71.0 Å². The maximum atomic E-state index is 5.70. The Labute approximate surface area is 169 Å². The molecule has 0 aliphatic heterocycles. The molecule has 0 atom stereocenters. The normalized spacial score (nSPS) is 11.2. The minimum absolute atomic E-state index is 0.284. The van der Waals surface area contributed by atoms with Gasteiger partial charge in [-0.05, 0) is 64.8 Å². The molecule has 2 aromatic carbocycles. The Bertz CT molecular complexity index is 951. The van der Waals surface area contributed by atoms with Crippen LogP contribution in [0.2, 0.25) is 0 Å². The molecule has 27 heavy (non-hydrogen) atoms. The highest BCUT2D eigenvalue weighted by Gasteiger charge is 2.05. The van der Waals surface area contributed by atoms with Crippen LogP contribution in [0, 0.1) is 6.92 Å². The summed E-state index contributed by atoms with van der Waals surface area (Å²) in [7, 11) is 0.